The predicted molar refractivity (Wildman–Crippen MR) is 329 cm³/mol. The molecule has 5 aromatic rings. The lowest BCUT2D eigenvalue weighted by molar-refractivity contribution is -0.895. The number of carbonyl (C=O) groups is 8. The molecule has 1 fully saturated rings. The number of rotatable bonds is 26. The normalized spacial score (nSPS) is 17.6. The Morgan fingerprint density at radius 2 is 1.48 bits per heavy atom. The van der Waals surface area contributed by atoms with Gasteiger partial charge in [-0.3, -0.25) is 43.8 Å². The van der Waals surface area contributed by atoms with Gasteiger partial charge in [0.2, 0.25) is 41.4 Å². The molecule has 468 valence electrons. The summed E-state index contributed by atoms with van der Waals surface area (Å²) >= 11 is 1.93. The van der Waals surface area contributed by atoms with Crippen molar-refractivity contribution >= 4 is 99.2 Å². The maximum atomic E-state index is 14.7. The van der Waals surface area contributed by atoms with Gasteiger partial charge in [-0.25, -0.2) is 4.68 Å². The van der Waals surface area contributed by atoms with E-state index in [-0.39, 0.29) is 81.1 Å². The highest BCUT2D eigenvalue weighted by molar-refractivity contribution is 14.1. The zero-order valence-corrected chi connectivity index (χ0v) is 51.1. The Kier molecular flexibility index (Phi) is 24.8. The van der Waals surface area contributed by atoms with Crippen molar-refractivity contribution in [3.8, 4) is 5.75 Å². The van der Waals surface area contributed by atoms with Crippen LogP contribution in [0.2, 0.25) is 0 Å². The van der Waals surface area contributed by atoms with Crippen LogP contribution < -0.4 is 48.3 Å². The molecule has 0 radical (unpaired) electrons. The van der Waals surface area contributed by atoms with Gasteiger partial charge in [0.15, 0.2) is 5.96 Å². The van der Waals surface area contributed by atoms with Crippen LogP contribution in [0.4, 0.5) is 18.6 Å². The van der Waals surface area contributed by atoms with Crippen molar-refractivity contribution in [2.75, 3.05) is 59.1 Å². The second kappa shape index (κ2) is 31.9. The lowest BCUT2D eigenvalue weighted by Crippen LogP contribution is -2.58. The SMILES string of the molecule is CCCCC[C@@H](C(=O)NCC(=O)Nc1ccc(C(=O)NCCC[C@@H]2C(=O)N[C@@H](CCCNC(=N)N)C(=O)N[C@@H](Cc3ccc4ccccc4c3)C(=O)NCC(=O)N[C@H](Cc3ccc(O)c(I)c3)C(=O)N2C)cc1)n1cc(C[N+](C)(C)C[B-](F)(F)F)nn1. The van der Waals surface area contributed by atoms with Crippen LogP contribution in [-0.2, 0) is 52.9 Å². The smallest absolute Gasteiger partial charge is 0.507 e. The molecule has 0 aliphatic carbocycles. The maximum Gasteiger partial charge on any atom is 0.531 e. The van der Waals surface area contributed by atoms with E-state index < -0.39 is 108 Å². The number of aromatic hydroxyl groups is 1. The maximum absolute atomic E-state index is 14.7. The fourth-order valence-electron chi connectivity index (χ4n) is 10.1. The number of guanidine groups is 1. The van der Waals surface area contributed by atoms with Gasteiger partial charge >= 0.3 is 6.98 Å². The molecule has 0 unspecified atom stereocenters. The van der Waals surface area contributed by atoms with E-state index in [9.17, 15) is 56.4 Å². The number of nitrogens with one attached hydrogen (secondary N) is 9. The Morgan fingerprint density at radius 1 is 0.816 bits per heavy atom. The molecule has 24 nitrogen and oxygen atoms in total. The molecule has 1 aliphatic rings. The van der Waals surface area contributed by atoms with Crippen molar-refractivity contribution in [2.45, 2.75) is 108 Å². The van der Waals surface area contributed by atoms with Crippen LogP contribution in [0, 0.1) is 8.98 Å². The average molecular weight is 1320 g/mol. The number of hydrogen-bond acceptors (Lipinski definition) is 12. The van der Waals surface area contributed by atoms with E-state index in [1.54, 1.807) is 12.1 Å². The lowest BCUT2D eigenvalue weighted by Gasteiger charge is -2.33. The summed E-state index contributed by atoms with van der Waals surface area (Å²) in [5, 5.41) is 49.5. The molecule has 1 aliphatic heterocycles. The third-order valence-corrected chi connectivity index (χ3v) is 15.3. The number of quaternary nitrogens is 1. The van der Waals surface area contributed by atoms with Crippen molar-refractivity contribution < 1.29 is 60.9 Å². The molecular weight excluding hydrogens is 1250 g/mol. The summed E-state index contributed by atoms with van der Waals surface area (Å²) < 4.78 is 41.1. The number of likely N-dealkylation sites (N-methyl/N-ethyl adjacent to an activating group) is 1. The molecule has 87 heavy (non-hydrogen) atoms. The third kappa shape index (κ3) is 21.5. The fraction of sp³-hybridized carbons (Fsp3) is 0.431. The van der Waals surface area contributed by atoms with Gasteiger partial charge in [0.05, 0.1) is 43.4 Å². The minimum atomic E-state index is -5.06. The summed E-state index contributed by atoms with van der Waals surface area (Å²) in [7, 11) is 4.24. The Bertz CT molecular complexity index is 3260. The summed E-state index contributed by atoms with van der Waals surface area (Å²) in [6.07, 6.45) is 3.23. The molecule has 0 bridgehead atoms. The number of carbonyl (C=O) groups excluding carboxylic acids is 8. The van der Waals surface area contributed by atoms with E-state index >= 15 is 0 Å². The highest BCUT2D eigenvalue weighted by atomic mass is 127. The highest BCUT2D eigenvalue weighted by Crippen LogP contribution is 2.24. The van der Waals surface area contributed by atoms with E-state index in [1.807, 2.05) is 72.0 Å². The molecule has 4 aromatic carbocycles. The standard InChI is InChI=1S/C58H76BF3IN15O9/c1-5-6-7-15-48(77-33-42(74-75-77)34-78(3,4)35-59(60,61)62)55(85)69-31-50(80)70-41-22-20-39(21-23-41)52(82)66-25-11-16-47-56(86)72-44(14-10-26-67-58(64)65)54(84)73-45(29-36-17-19-38-12-8-9-13-40(38)27-36)53(83)68-32-51(81)71-46(57(87)76(47)2)30-37-18-24-49(79)43(63)28-37/h8-9,12-13,17-24,27-28,33,44-48,79H,5-7,10-11,14-16,25-26,29-32,34-35H2,1-4H3,(H,66,82)(H,68,83)(H,69,85)(H,70,80)(H,71,81)(H,72,86)(H,73,84)(H4,64,65,67)/t44-,45-,46+,47+,48-/m0/s1. The van der Waals surface area contributed by atoms with E-state index in [0.29, 0.717) is 33.2 Å². The van der Waals surface area contributed by atoms with Crippen molar-refractivity contribution in [3.05, 3.63) is 117 Å². The number of anilines is 1. The van der Waals surface area contributed by atoms with Crippen LogP contribution in [0.25, 0.3) is 10.8 Å². The van der Waals surface area contributed by atoms with Crippen LogP contribution in [0.1, 0.15) is 91.5 Å². The van der Waals surface area contributed by atoms with Gasteiger partial charge in [-0.15, -0.1) is 5.10 Å². The van der Waals surface area contributed by atoms with Gasteiger partial charge in [0.25, 0.3) is 5.91 Å². The molecule has 2 heterocycles. The van der Waals surface area contributed by atoms with Crippen LogP contribution in [0.5, 0.6) is 5.75 Å². The number of nitrogens with two attached hydrogens (primary N) is 1. The molecule has 0 spiro atoms. The van der Waals surface area contributed by atoms with Crippen molar-refractivity contribution in [1.82, 2.24) is 57.1 Å². The minimum Gasteiger partial charge on any atom is -0.507 e. The number of fused-ring (bicyclic) bond motifs is 1. The Labute approximate surface area is 515 Å². The van der Waals surface area contributed by atoms with Gasteiger partial charge < -0.3 is 75.7 Å². The number of phenolic OH excluding ortho intramolecular Hbond substituents is 1. The number of halogens is 4. The molecule has 5 atom stereocenters. The first-order chi connectivity index (χ1) is 41.3. The highest BCUT2D eigenvalue weighted by Gasteiger charge is 2.37. The van der Waals surface area contributed by atoms with Crippen LogP contribution >= 0.6 is 22.6 Å². The number of phenols is 1. The van der Waals surface area contributed by atoms with E-state index in [2.05, 4.69) is 52.8 Å². The van der Waals surface area contributed by atoms with Crippen LogP contribution in [0.3, 0.4) is 0 Å². The number of amides is 8. The Hall–Kier alpha value is -8.35. The monoisotopic (exact) mass is 1320 g/mol. The Morgan fingerprint density at radius 3 is 2.18 bits per heavy atom. The molecule has 6 rings (SSSR count). The van der Waals surface area contributed by atoms with Gasteiger partial charge in [-0.1, -0.05) is 79.9 Å². The summed E-state index contributed by atoms with van der Waals surface area (Å²) in [5.74, 6) is -5.61. The molecule has 1 aromatic heterocycles. The summed E-state index contributed by atoms with van der Waals surface area (Å²) in [4.78, 5) is 113. The number of unbranched alkanes of at least 4 members (excludes halogenated alkanes) is 2. The first-order valence-corrected chi connectivity index (χ1v) is 29.7. The minimum absolute atomic E-state index is 0.00293. The Balaban J connectivity index is 1.14. The fourth-order valence-corrected chi connectivity index (χ4v) is 10.6. The average Bonchev–Trinajstić information content (AvgIpc) is 2.63. The lowest BCUT2D eigenvalue weighted by atomic mass is 9.90. The molecule has 0 saturated carbocycles. The van der Waals surface area contributed by atoms with E-state index in [1.165, 1.54) is 62.4 Å². The molecule has 12 N–H and O–H groups in total. The largest absolute Gasteiger partial charge is 0.531 e. The summed E-state index contributed by atoms with van der Waals surface area (Å²) in [6, 6.07) is 17.7. The van der Waals surface area contributed by atoms with E-state index in [0.717, 1.165) is 28.5 Å². The van der Waals surface area contributed by atoms with Gasteiger partial charge in [-0.05, 0) is 113 Å². The quantitative estimate of drug-likeness (QED) is 0.00948. The molecule has 29 heteroatoms. The first kappa shape index (κ1) is 67.8. The topological polar surface area (TPSA) is 337 Å². The van der Waals surface area contributed by atoms with Gasteiger partial charge in [0, 0.05) is 44.2 Å². The second-order valence-corrected chi connectivity index (χ2v) is 23.4. The van der Waals surface area contributed by atoms with Gasteiger partial charge in [-0.2, -0.15) is 0 Å². The third-order valence-electron chi connectivity index (χ3n) is 14.5. The zero-order valence-electron chi connectivity index (χ0n) is 49.0. The molecule has 8 amide bonds. The van der Waals surface area contributed by atoms with E-state index in [4.69, 9.17) is 11.1 Å². The van der Waals surface area contributed by atoms with Crippen molar-refractivity contribution in [3.63, 3.8) is 0 Å². The van der Waals surface area contributed by atoms with Crippen LogP contribution in [0.15, 0.2) is 91.1 Å². The summed E-state index contributed by atoms with van der Waals surface area (Å²) in [6.45, 7) is -4.02. The number of nitrogens with zero attached hydrogens (tertiary/aromatic N) is 5. The number of hydrogen-bond donors (Lipinski definition) is 11. The number of aromatic nitrogens is 3. The molecular formula is C58H76BF3IN15O9. The zero-order chi connectivity index (χ0) is 63.4. The van der Waals surface area contributed by atoms with Gasteiger partial charge in [0.1, 0.15) is 48.2 Å². The number of benzene rings is 4. The van der Waals surface area contributed by atoms with Crippen LogP contribution in [-0.4, -0.2) is 168 Å². The second-order valence-electron chi connectivity index (χ2n) is 22.2. The van der Waals surface area contributed by atoms with Crippen molar-refractivity contribution in [2.24, 2.45) is 5.73 Å². The molecule has 1 saturated heterocycles. The first-order valence-electron chi connectivity index (χ1n) is 28.6. The van der Waals surface area contributed by atoms with Crippen molar-refractivity contribution in [1.29, 1.82) is 5.41 Å². The predicted octanol–water partition coefficient (Wildman–Crippen LogP) is 3.25. The summed E-state index contributed by atoms with van der Waals surface area (Å²) in [5.41, 5.74) is 7.54.